The number of hydrogen-bond donors (Lipinski definition) is 4. The Balaban J connectivity index is 3.15. The zero-order valence-electron chi connectivity index (χ0n) is 18.2. The van der Waals surface area contributed by atoms with Gasteiger partial charge in [0.15, 0.2) is 0 Å². The summed E-state index contributed by atoms with van der Waals surface area (Å²) in [6.45, 7) is -2.83. The highest BCUT2D eigenvalue weighted by atomic mass is 16.4. The van der Waals surface area contributed by atoms with E-state index in [1.54, 1.807) is 0 Å². The number of primary amides is 1. The van der Waals surface area contributed by atoms with E-state index in [0.29, 0.717) is 9.80 Å². The Hall–Kier alpha value is -4.49. The number of carbonyl (C=O) groups is 7. The van der Waals surface area contributed by atoms with Gasteiger partial charge in [-0.05, 0) is 25.1 Å². The summed E-state index contributed by atoms with van der Waals surface area (Å²) in [5.74, 6) is -8.01. The number of benzene rings is 1. The van der Waals surface area contributed by atoms with Gasteiger partial charge in [-0.1, -0.05) is 6.07 Å². The van der Waals surface area contributed by atoms with E-state index in [1.165, 1.54) is 25.1 Å². The van der Waals surface area contributed by atoms with E-state index in [0.717, 1.165) is 11.0 Å². The third kappa shape index (κ3) is 8.57. The SMILES string of the molecule is CCN(CC(=O)O)C(=O)CN(CC(=O)O)C(=O)CN(CC(=O)O)C(=O)c1cccc(C(N)=O)c1. The lowest BCUT2D eigenvalue weighted by Crippen LogP contribution is -2.50. The number of nitrogens with zero attached hydrogens (tertiary/aromatic N) is 3. The number of nitrogens with two attached hydrogens (primary N) is 1. The normalized spacial score (nSPS) is 10.1. The fraction of sp³-hybridized carbons (Fsp3) is 0.350. The van der Waals surface area contributed by atoms with E-state index >= 15 is 0 Å². The second-order valence-corrected chi connectivity index (χ2v) is 6.95. The first-order chi connectivity index (χ1) is 15.8. The molecule has 184 valence electrons. The molecule has 0 bridgehead atoms. The van der Waals surface area contributed by atoms with Crippen LogP contribution in [0.2, 0.25) is 0 Å². The van der Waals surface area contributed by atoms with Gasteiger partial charge in [-0.15, -0.1) is 0 Å². The van der Waals surface area contributed by atoms with Gasteiger partial charge in [-0.3, -0.25) is 33.6 Å². The van der Waals surface area contributed by atoms with Gasteiger partial charge in [-0.2, -0.15) is 0 Å². The largest absolute Gasteiger partial charge is 0.480 e. The molecule has 0 saturated carbocycles. The van der Waals surface area contributed by atoms with Gasteiger partial charge in [0.25, 0.3) is 5.91 Å². The van der Waals surface area contributed by atoms with E-state index in [1.807, 2.05) is 0 Å². The third-order valence-electron chi connectivity index (χ3n) is 4.40. The van der Waals surface area contributed by atoms with Crippen LogP contribution >= 0.6 is 0 Å². The first kappa shape index (κ1) is 27.5. The van der Waals surface area contributed by atoms with Crippen LogP contribution in [-0.4, -0.2) is 111 Å². The van der Waals surface area contributed by atoms with Crippen LogP contribution in [0, 0.1) is 0 Å². The highest BCUT2D eigenvalue weighted by molar-refractivity contribution is 6.01. The lowest BCUT2D eigenvalue weighted by Gasteiger charge is -2.27. The van der Waals surface area contributed by atoms with Crippen LogP contribution in [-0.2, 0) is 24.0 Å². The molecule has 14 heteroatoms. The number of rotatable bonds is 13. The molecule has 0 aliphatic heterocycles. The molecule has 0 aliphatic rings. The van der Waals surface area contributed by atoms with E-state index in [9.17, 15) is 33.6 Å². The molecule has 1 aromatic rings. The summed E-state index contributed by atoms with van der Waals surface area (Å²) in [5.41, 5.74) is 4.99. The number of carboxylic acid groups (broad SMARTS) is 3. The molecule has 34 heavy (non-hydrogen) atoms. The molecule has 0 radical (unpaired) electrons. The summed E-state index contributed by atoms with van der Waals surface area (Å²) >= 11 is 0. The average Bonchev–Trinajstić information content (AvgIpc) is 2.75. The van der Waals surface area contributed by atoms with Crippen LogP contribution in [0.25, 0.3) is 0 Å². The summed E-state index contributed by atoms with van der Waals surface area (Å²) in [6.07, 6.45) is 0. The van der Waals surface area contributed by atoms with Gasteiger partial charge < -0.3 is 35.8 Å². The maximum atomic E-state index is 12.8. The maximum absolute atomic E-state index is 12.8. The number of amides is 4. The van der Waals surface area contributed by atoms with E-state index < -0.39 is 74.3 Å². The van der Waals surface area contributed by atoms with Crippen molar-refractivity contribution in [2.24, 2.45) is 5.73 Å². The summed E-state index contributed by atoms with van der Waals surface area (Å²) in [5, 5.41) is 27.1. The molecule has 0 aliphatic carbocycles. The van der Waals surface area contributed by atoms with Gasteiger partial charge in [-0.25, -0.2) is 0 Å². The minimum Gasteiger partial charge on any atom is -0.480 e. The van der Waals surface area contributed by atoms with Gasteiger partial charge in [0, 0.05) is 17.7 Å². The molecule has 1 aromatic carbocycles. The minimum absolute atomic E-state index is 0.0277. The van der Waals surface area contributed by atoms with E-state index in [4.69, 9.17) is 21.1 Å². The Bertz CT molecular complexity index is 993. The summed E-state index contributed by atoms with van der Waals surface area (Å²) in [6, 6.07) is 5.01. The second kappa shape index (κ2) is 12.5. The van der Waals surface area contributed by atoms with Crippen LogP contribution < -0.4 is 5.73 Å². The van der Waals surface area contributed by atoms with Gasteiger partial charge >= 0.3 is 17.9 Å². The lowest BCUT2D eigenvalue weighted by molar-refractivity contribution is -0.150. The van der Waals surface area contributed by atoms with Crippen molar-refractivity contribution < 1.29 is 48.9 Å². The molecular formula is C20H24N4O10. The average molecular weight is 480 g/mol. The van der Waals surface area contributed by atoms with Gasteiger partial charge in [0.2, 0.25) is 17.7 Å². The summed E-state index contributed by atoms with van der Waals surface area (Å²) < 4.78 is 0. The molecule has 0 fully saturated rings. The van der Waals surface area contributed by atoms with E-state index in [-0.39, 0.29) is 17.7 Å². The van der Waals surface area contributed by atoms with Crippen LogP contribution in [0.4, 0.5) is 0 Å². The zero-order valence-corrected chi connectivity index (χ0v) is 18.2. The molecule has 4 amide bonds. The molecule has 0 aromatic heterocycles. The smallest absolute Gasteiger partial charge is 0.323 e. The fourth-order valence-corrected chi connectivity index (χ4v) is 2.81. The number of aliphatic carboxylic acids is 3. The second-order valence-electron chi connectivity index (χ2n) is 6.95. The predicted octanol–water partition coefficient (Wildman–Crippen LogP) is -1.84. The minimum atomic E-state index is -1.49. The molecule has 14 nitrogen and oxygen atoms in total. The van der Waals surface area contributed by atoms with Crippen molar-refractivity contribution in [1.29, 1.82) is 0 Å². The molecule has 0 heterocycles. The quantitative estimate of drug-likeness (QED) is 0.247. The Kier molecular flexibility index (Phi) is 10.1. The molecule has 1 rings (SSSR count). The van der Waals surface area contributed by atoms with Crippen LogP contribution in [0.15, 0.2) is 24.3 Å². The highest BCUT2D eigenvalue weighted by Gasteiger charge is 2.28. The number of likely N-dealkylation sites (N-methyl/N-ethyl adjacent to an activating group) is 1. The van der Waals surface area contributed by atoms with Crippen molar-refractivity contribution in [2.45, 2.75) is 6.92 Å². The molecule has 0 saturated heterocycles. The van der Waals surface area contributed by atoms with Crippen molar-refractivity contribution in [3.63, 3.8) is 0 Å². The van der Waals surface area contributed by atoms with Crippen molar-refractivity contribution in [3.05, 3.63) is 35.4 Å². The standard InChI is InChI=1S/C20H24N4O10/c1-2-22(9-16(27)28)14(25)7-23(10-17(29)30)15(26)8-24(11-18(31)32)20(34)13-5-3-4-12(6-13)19(21)33/h3-6H,2,7-11H2,1H3,(H2,21,33)(H,27,28)(H,29,30)(H,31,32). The zero-order chi connectivity index (χ0) is 26.0. The first-order valence-corrected chi connectivity index (χ1v) is 9.75. The Morgan fingerprint density at radius 1 is 0.706 bits per heavy atom. The first-order valence-electron chi connectivity index (χ1n) is 9.75. The van der Waals surface area contributed by atoms with Crippen LogP contribution in [0.3, 0.4) is 0 Å². The summed E-state index contributed by atoms with van der Waals surface area (Å²) in [4.78, 5) is 84.7. The fourth-order valence-electron chi connectivity index (χ4n) is 2.81. The van der Waals surface area contributed by atoms with E-state index in [2.05, 4.69) is 0 Å². The Morgan fingerprint density at radius 2 is 1.15 bits per heavy atom. The number of carbonyl (C=O) groups excluding carboxylic acids is 4. The summed E-state index contributed by atoms with van der Waals surface area (Å²) in [7, 11) is 0. The highest BCUT2D eigenvalue weighted by Crippen LogP contribution is 2.10. The number of carboxylic acids is 3. The molecule has 5 N–H and O–H groups in total. The van der Waals surface area contributed by atoms with Gasteiger partial charge in [0.1, 0.15) is 32.7 Å². The molecule has 0 spiro atoms. The number of hydrogen-bond acceptors (Lipinski definition) is 7. The molecular weight excluding hydrogens is 456 g/mol. The van der Waals surface area contributed by atoms with Crippen molar-refractivity contribution >= 4 is 41.5 Å². The molecule has 0 atom stereocenters. The maximum Gasteiger partial charge on any atom is 0.323 e. The topological polar surface area (TPSA) is 216 Å². The predicted molar refractivity (Wildman–Crippen MR) is 113 cm³/mol. The lowest BCUT2D eigenvalue weighted by atomic mass is 10.1. The Labute approximate surface area is 193 Å². The van der Waals surface area contributed by atoms with Gasteiger partial charge in [0.05, 0.1) is 0 Å². The van der Waals surface area contributed by atoms with Crippen molar-refractivity contribution in [2.75, 3.05) is 39.3 Å². The van der Waals surface area contributed by atoms with Crippen LogP contribution in [0.1, 0.15) is 27.6 Å². The van der Waals surface area contributed by atoms with Crippen LogP contribution in [0.5, 0.6) is 0 Å². The third-order valence-corrected chi connectivity index (χ3v) is 4.40. The molecule has 0 unspecified atom stereocenters. The monoisotopic (exact) mass is 480 g/mol. The Morgan fingerprint density at radius 3 is 1.65 bits per heavy atom. The van der Waals surface area contributed by atoms with Crippen molar-refractivity contribution in [3.8, 4) is 0 Å². The van der Waals surface area contributed by atoms with Crippen molar-refractivity contribution in [1.82, 2.24) is 14.7 Å².